The minimum absolute atomic E-state index is 0.410. The van der Waals surface area contributed by atoms with Crippen LogP contribution in [0.4, 0.5) is 5.69 Å². The molecule has 13 aromatic rings. The molecule has 0 aliphatic carbocycles. The van der Waals surface area contributed by atoms with Gasteiger partial charge < -0.3 is 9.13 Å². The Morgan fingerprint density at radius 3 is 1.30 bits per heavy atom. The Morgan fingerprint density at radius 1 is 0.329 bits per heavy atom. The predicted molar refractivity (Wildman–Crippen MR) is 302 cm³/mol. The summed E-state index contributed by atoms with van der Waals surface area (Å²) in [5.41, 5.74) is 15.3. The molecule has 0 aliphatic heterocycles. The van der Waals surface area contributed by atoms with Gasteiger partial charge in [-0.15, -0.1) is 0 Å². The second-order valence-electron chi connectivity index (χ2n) is 18.5. The summed E-state index contributed by atoms with van der Waals surface area (Å²) in [5.74, 6) is 1.64. The third-order valence-electron chi connectivity index (χ3n) is 14.0. The Balaban J connectivity index is 1.08. The molecule has 0 spiro atoms. The summed E-state index contributed by atoms with van der Waals surface area (Å²) in [6.45, 7) is 7.76. The van der Waals surface area contributed by atoms with Gasteiger partial charge in [-0.3, -0.25) is 0 Å². The first-order valence-electron chi connectivity index (χ1n) is 24.5. The molecule has 0 amide bonds. The van der Waals surface area contributed by atoms with E-state index in [-0.39, 0.29) is 0 Å². The number of aromatic nitrogens is 5. The van der Waals surface area contributed by atoms with Crippen molar-refractivity contribution < 1.29 is 0 Å². The molecule has 0 saturated heterocycles. The van der Waals surface area contributed by atoms with Crippen LogP contribution in [0, 0.1) is 40.6 Å². The topological polar surface area (TPSA) is 124 Å². The van der Waals surface area contributed by atoms with Crippen LogP contribution in [-0.4, -0.2) is 24.1 Å². The molecular weight excluding hydrogens is 931 g/mol. The van der Waals surface area contributed by atoms with Gasteiger partial charge in [0.2, 0.25) is 0 Å². The van der Waals surface area contributed by atoms with Gasteiger partial charge in [0.1, 0.15) is 0 Å². The van der Waals surface area contributed by atoms with E-state index in [1.807, 2.05) is 84.9 Å². The molecular formula is C67H37N9. The molecule has 3 heterocycles. The van der Waals surface area contributed by atoms with E-state index in [1.54, 1.807) is 12.1 Å². The first-order chi connectivity index (χ1) is 37.5. The van der Waals surface area contributed by atoms with E-state index in [0.29, 0.717) is 39.9 Å². The van der Waals surface area contributed by atoms with Crippen LogP contribution in [-0.2, 0) is 0 Å². The molecule has 0 fully saturated rings. The average Bonchev–Trinajstić information content (AvgIpc) is 4.10. The number of nitriles is 3. The largest absolute Gasteiger partial charge is 0.309 e. The van der Waals surface area contributed by atoms with Crippen LogP contribution in [0.5, 0.6) is 0 Å². The van der Waals surface area contributed by atoms with Crippen molar-refractivity contribution in [1.82, 2.24) is 24.1 Å². The highest BCUT2D eigenvalue weighted by Gasteiger charge is 2.23. The van der Waals surface area contributed by atoms with Gasteiger partial charge in [-0.1, -0.05) is 127 Å². The second-order valence-corrected chi connectivity index (χ2v) is 18.5. The Labute approximate surface area is 436 Å². The fourth-order valence-electron chi connectivity index (χ4n) is 10.6. The van der Waals surface area contributed by atoms with Gasteiger partial charge in [-0.25, -0.2) is 19.8 Å². The standard InChI is InChI=1S/C67H37N9/c1-71-52-34-44(41-70)33-51(35-52)48-25-28-63-57(37-48)54-19-9-13-23-61(54)76(63)64-29-26-49(67-73-65(45-14-4-2-5-15-45)72-66(74-67)46-16-6-3-7-17-46)38-58(64)55-20-10-12-22-60(55)75-59-21-11-8-18-53(59)56-36-47(24-27-62(56)75)50-31-42(39-68)30-43(32-50)40-69/h2-38H. The first-order valence-corrected chi connectivity index (χ1v) is 24.5. The number of benzene rings is 10. The number of para-hydroxylation sites is 3. The van der Waals surface area contributed by atoms with Crippen molar-refractivity contribution in [3.63, 3.8) is 0 Å². The smallest absolute Gasteiger partial charge is 0.189 e. The summed E-state index contributed by atoms with van der Waals surface area (Å²) >= 11 is 0. The Hall–Kier alpha value is -11.2. The van der Waals surface area contributed by atoms with Crippen molar-refractivity contribution in [2.24, 2.45) is 0 Å². The van der Waals surface area contributed by atoms with Crippen LogP contribution < -0.4 is 0 Å². The van der Waals surface area contributed by atoms with E-state index in [4.69, 9.17) is 21.5 Å². The minimum atomic E-state index is 0.410. The summed E-state index contributed by atoms with van der Waals surface area (Å²) in [7, 11) is 0. The average molecular weight is 968 g/mol. The maximum Gasteiger partial charge on any atom is 0.189 e. The lowest BCUT2D eigenvalue weighted by molar-refractivity contribution is 1.07. The van der Waals surface area contributed by atoms with Crippen LogP contribution in [0.1, 0.15) is 16.7 Å². The molecule has 0 atom stereocenters. The zero-order valence-electron chi connectivity index (χ0n) is 40.4. The van der Waals surface area contributed by atoms with Crippen LogP contribution in [0.25, 0.3) is 127 Å². The van der Waals surface area contributed by atoms with Crippen molar-refractivity contribution in [1.29, 1.82) is 15.8 Å². The van der Waals surface area contributed by atoms with Crippen LogP contribution in [0.2, 0.25) is 0 Å². The summed E-state index contributed by atoms with van der Waals surface area (Å²) in [4.78, 5) is 19.1. The Morgan fingerprint density at radius 2 is 0.763 bits per heavy atom. The van der Waals surface area contributed by atoms with E-state index in [0.717, 1.165) is 105 Å². The summed E-state index contributed by atoms with van der Waals surface area (Å²) in [6.07, 6.45) is 0. The zero-order valence-corrected chi connectivity index (χ0v) is 40.4. The van der Waals surface area contributed by atoms with Gasteiger partial charge >= 0.3 is 0 Å². The third-order valence-corrected chi connectivity index (χ3v) is 14.0. The fourth-order valence-corrected chi connectivity index (χ4v) is 10.6. The SMILES string of the molecule is [C-]#[N+]c1cc(C#N)cc(-c2ccc3c(c2)c2ccccc2n3-c2ccc(-c3nc(-c4ccccc4)nc(-c4ccccc4)n3)cc2-c2ccccc2-n2c3ccccc3c3cc(-c4cc(C#N)cc(C#N)c4)ccc32)c1. The Bertz CT molecular complexity index is 4570. The number of hydrogen-bond acceptors (Lipinski definition) is 6. The van der Waals surface area contributed by atoms with Crippen molar-refractivity contribution in [2.75, 3.05) is 0 Å². The quantitative estimate of drug-likeness (QED) is 0.140. The highest BCUT2D eigenvalue weighted by molar-refractivity contribution is 6.13. The predicted octanol–water partition coefficient (Wildman–Crippen LogP) is 16.2. The molecule has 0 N–H and O–H groups in total. The van der Waals surface area contributed by atoms with Crippen LogP contribution in [0.3, 0.4) is 0 Å². The Kier molecular flexibility index (Phi) is 10.8. The van der Waals surface area contributed by atoms with E-state index in [9.17, 15) is 15.8 Å². The van der Waals surface area contributed by atoms with Crippen LogP contribution >= 0.6 is 0 Å². The lowest BCUT2D eigenvalue weighted by atomic mass is 9.97. The van der Waals surface area contributed by atoms with Gasteiger partial charge in [0.05, 0.1) is 69.3 Å². The number of hydrogen-bond donors (Lipinski definition) is 0. The van der Waals surface area contributed by atoms with Crippen LogP contribution in [0.15, 0.2) is 224 Å². The van der Waals surface area contributed by atoms with E-state index in [1.165, 1.54) is 0 Å². The first kappa shape index (κ1) is 44.7. The van der Waals surface area contributed by atoms with Crippen molar-refractivity contribution in [3.05, 3.63) is 253 Å². The summed E-state index contributed by atoms with van der Waals surface area (Å²) < 4.78 is 4.64. The molecule has 10 aromatic carbocycles. The third kappa shape index (κ3) is 7.66. The number of fused-ring (bicyclic) bond motifs is 6. The number of rotatable bonds is 8. The highest BCUT2D eigenvalue weighted by Crippen LogP contribution is 2.44. The van der Waals surface area contributed by atoms with E-state index < -0.39 is 0 Å². The summed E-state index contributed by atoms with van der Waals surface area (Å²) in [6, 6.07) is 81.6. The normalized spacial score (nSPS) is 11.1. The van der Waals surface area contributed by atoms with Gasteiger partial charge in [0, 0.05) is 54.9 Å². The van der Waals surface area contributed by atoms with E-state index >= 15 is 0 Å². The second kappa shape index (κ2) is 18.4. The van der Waals surface area contributed by atoms with Crippen molar-refractivity contribution >= 4 is 49.3 Å². The van der Waals surface area contributed by atoms with Gasteiger partial charge in [0.25, 0.3) is 0 Å². The van der Waals surface area contributed by atoms with Crippen molar-refractivity contribution in [2.45, 2.75) is 0 Å². The zero-order chi connectivity index (χ0) is 51.3. The molecule has 3 aromatic heterocycles. The molecule has 0 saturated carbocycles. The highest BCUT2D eigenvalue weighted by atomic mass is 15.0. The fraction of sp³-hybridized carbons (Fsp3) is 0. The minimum Gasteiger partial charge on any atom is -0.309 e. The molecule has 76 heavy (non-hydrogen) atoms. The van der Waals surface area contributed by atoms with Gasteiger partial charge in [-0.05, 0) is 119 Å². The molecule has 350 valence electrons. The monoisotopic (exact) mass is 967 g/mol. The summed E-state index contributed by atoms with van der Waals surface area (Å²) in [5, 5.41) is 33.8. The molecule has 9 heteroatoms. The van der Waals surface area contributed by atoms with Gasteiger partial charge in [0.15, 0.2) is 23.2 Å². The maximum atomic E-state index is 9.90. The lowest BCUT2D eigenvalue weighted by Crippen LogP contribution is -2.03. The molecule has 13 rings (SSSR count). The van der Waals surface area contributed by atoms with Gasteiger partial charge in [-0.2, -0.15) is 15.8 Å². The number of nitrogens with zero attached hydrogens (tertiary/aromatic N) is 9. The van der Waals surface area contributed by atoms with Crippen molar-refractivity contribution in [3.8, 4) is 97.1 Å². The molecule has 0 unspecified atom stereocenters. The maximum absolute atomic E-state index is 9.90. The molecule has 0 bridgehead atoms. The van der Waals surface area contributed by atoms with E-state index in [2.05, 4.69) is 160 Å². The molecule has 0 aliphatic rings. The molecule has 9 nitrogen and oxygen atoms in total. The lowest BCUT2D eigenvalue weighted by Gasteiger charge is -2.20. The molecule has 0 radical (unpaired) electrons.